The van der Waals surface area contributed by atoms with Crippen LogP contribution in [0.2, 0.25) is 0 Å². The summed E-state index contributed by atoms with van der Waals surface area (Å²) in [7, 11) is 2.11. The van der Waals surface area contributed by atoms with Crippen LogP contribution in [0.5, 0.6) is 5.75 Å². The summed E-state index contributed by atoms with van der Waals surface area (Å²) in [4.78, 5) is 17.2. The van der Waals surface area contributed by atoms with Crippen molar-refractivity contribution in [2.45, 2.75) is 57.3 Å². The number of benzene rings is 2. The Balaban J connectivity index is 1.35. The lowest BCUT2D eigenvalue weighted by Crippen LogP contribution is -2.45. The third-order valence-corrected chi connectivity index (χ3v) is 6.40. The van der Waals surface area contributed by atoms with Crippen LogP contribution in [0.4, 0.5) is 9.18 Å². The average molecular weight is 426 g/mol. The molecule has 5 nitrogen and oxygen atoms in total. The van der Waals surface area contributed by atoms with Crippen LogP contribution >= 0.6 is 0 Å². The van der Waals surface area contributed by atoms with Crippen LogP contribution in [-0.4, -0.2) is 48.1 Å². The Morgan fingerprint density at radius 2 is 1.77 bits per heavy atom. The molecule has 2 aliphatic rings. The number of rotatable bonds is 8. The molecule has 1 aliphatic carbocycles. The summed E-state index contributed by atoms with van der Waals surface area (Å²) in [5.41, 5.74) is 1.96. The zero-order valence-electron chi connectivity index (χ0n) is 18.2. The summed E-state index contributed by atoms with van der Waals surface area (Å²) in [6.07, 6.45) is 6.13. The Morgan fingerprint density at radius 1 is 1.06 bits per heavy atom. The lowest BCUT2D eigenvalue weighted by atomic mass is 9.96. The van der Waals surface area contributed by atoms with E-state index in [1.807, 2.05) is 29.2 Å². The zero-order chi connectivity index (χ0) is 21.6. The SMILES string of the molecule is CN1CCC[C@@H]1CN(Cc1ccc(F)cc1)C(=O)NCc1ccc(OC2CCC2)cc1. The first-order valence-corrected chi connectivity index (χ1v) is 11.3. The smallest absolute Gasteiger partial charge is 0.318 e. The van der Waals surface area contributed by atoms with E-state index in [-0.39, 0.29) is 11.8 Å². The summed E-state index contributed by atoms with van der Waals surface area (Å²) < 4.78 is 19.2. The van der Waals surface area contributed by atoms with Crippen molar-refractivity contribution < 1.29 is 13.9 Å². The molecule has 0 unspecified atom stereocenters. The molecule has 0 radical (unpaired) electrons. The Hall–Kier alpha value is -2.60. The third kappa shape index (κ3) is 5.97. The van der Waals surface area contributed by atoms with Gasteiger partial charge in [0.2, 0.25) is 0 Å². The van der Waals surface area contributed by atoms with E-state index >= 15 is 0 Å². The molecule has 2 aromatic carbocycles. The number of ether oxygens (including phenoxy) is 1. The van der Waals surface area contributed by atoms with Crippen LogP contribution < -0.4 is 10.1 Å². The maximum absolute atomic E-state index is 13.3. The topological polar surface area (TPSA) is 44.8 Å². The highest BCUT2D eigenvalue weighted by atomic mass is 19.1. The first-order chi connectivity index (χ1) is 15.1. The quantitative estimate of drug-likeness (QED) is 0.674. The minimum absolute atomic E-state index is 0.0978. The minimum Gasteiger partial charge on any atom is -0.490 e. The van der Waals surface area contributed by atoms with Crippen molar-refractivity contribution in [2.24, 2.45) is 0 Å². The number of likely N-dealkylation sites (tertiary alicyclic amines) is 1. The van der Waals surface area contributed by atoms with Gasteiger partial charge in [-0.1, -0.05) is 24.3 Å². The van der Waals surface area contributed by atoms with Gasteiger partial charge in [0.25, 0.3) is 0 Å². The molecular weight excluding hydrogens is 393 g/mol. The largest absolute Gasteiger partial charge is 0.490 e. The highest BCUT2D eigenvalue weighted by Gasteiger charge is 2.26. The van der Waals surface area contributed by atoms with Gasteiger partial charge in [-0.3, -0.25) is 0 Å². The number of likely N-dealkylation sites (N-methyl/N-ethyl adjacent to an activating group) is 1. The fraction of sp³-hybridized carbons (Fsp3) is 0.480. The lowest BCUT2D eigenvalue weighted by molar-refractivity contribution is 0.120. The van der Waals surface area contributed by atoms with Gasteiger partial charge in [-0.15, -0.1) is 0 Å². The second-order valence-corrected chi connectivity index (χ2v) is 8.76. The van der Waals surface area contributed by atoms with Gasteiger partial charge in [-0.05, 0) is 81.1 Å². The van der Waals surface area contributed by atoms with E-state index in [0.717, 1.165) is 49.1 Å². The molecule has 0 bridgehead atoms. The van der Waals surface area contributed by atoms with Crippen LogP contribution in [0.25, 0.3) is 0 Å². The summed E-state index contributed by atoms with van der Waals surface area (Å²) >= 11 is 0. The molecule has 0 spiro atoms. The molecule has 1 N–H and O–H groups in total. The van der Waals surface area contributed by atoms with E-state index in [4.69, 9.17) is 4.74 Å². The van der Waals surface area contributed by atoms with Gasteiger partial charge >= 0.3 is 6.03 Å². The first kappa shape index (κ1) is 21.6. The Bertz CT molecular complexity index is 852. The molecule has 1 aliphatic heterocycles. The molecule has 2 amide bonds. The molecule has 0 aromatic heterocycles. The van der Waals surface area contributed by atoms with Crippen LogP contribution in [0.1, 0.15) is 43.2 Å². The van der Waals surface area contributed by atoms with Crippen molar-refractivity contribution in [3.8, 4) is 5.75 Å². The van der Waals surface area contributed by atoms with E-state index in [2.05, 4.69) is 17.3 Å². The number of hydrogen-bond acceptors (Lipinski definition) is 3. The van der Waals surface area contributed by atoms with Crippen LogP contribution in [-0.2, 0) is 13.1 Å². The lowest BCUT2D eigenvalue weighted by Gasteiger charge is -2.29. The predicted molar refractivity (Wildman–Crippen MR) is 119 cm³/mol. The number of carbonyl (C=O) groups is 1. The fourth-order valence-corrected chi connectivity index (χ4v) is 4.15. The second-order valence-electron chi connectivity index (χ2n) is 8.76. The van der Waals surface area contributed by atoms with Crippen LogP contribution in [0, 0.1) is 5.82 Å². The summed E-state index contributed by atoms with van der Waals surface area (Å²) in [5, 5.41) is 3.06. The van der Waals surface area contributed by atoms with E-state index in [1.165, 1.54) is 18.6 Å². The van der Waals surface area contributed by atoms with Crippen LogP contribution in [0.15, 0.2) is 48.5 Å². The Kier molecular flexibility index (Phi) is 7.07. The number of hydrogen-bond donors (Lipinski definition) is 1. The normalized spacial score (nSPS) is 19.1. The fourth-order valence-electron chi connectivity index (χ4n) is 4.15. The van der Waals surface area contributed by atoms with Gasteiger partial charge in [-0.25, -0.2) is 9.18 Å². The van der Waals surface area contributed by atoms with E-state index in [0.29, 0.717) is 31.8 Å². The molecule has 6 heteroatoms. The van der Waals surface area contributed by atoms with Crippen molar-refractivity contribution >= 4 is 6.03 Å². The maximum atomic E-state index is 13.3. The highest BCUT2D eigenvalue weighted by molar-refractivity contribution is 5.74. The summed E-state index contributed by atoms with van der Waals surface area (Å²) in [6, 6.07) is 14.6. The standard InChI is InChI=1S/C25H32FN3O2/c1-28-15-3-4-22(28)18-29(17-20-7-11-21(26)12-8-20)25(30)27-16-19-9-13-24(14-10-19)31-23-5-2-6-23/h7-14,22-23H,2-6,15-18H2,1H3,(H,27,30)/t22-/m1/s1. The molecule has 1 atom stereocenters. The van der Waals surface area contributed by atoms with E-state index < -0.39 is 0 Å². The van der Waals surface area contributed by atoms with Gasteiger partial charge in [0.1, 0.15) is 11.6 Å². The van der Waals surface area contributed by atoms with E-state index in [1.54, 1.807) is 12.1 Å². The molecule has 2 fully saturated rings. The number of amides is 2. The first-order valence-electron chi connectivity index (χ1n) is 11.3. The van der Waals surface area contributed by atoms with Gasteiger partial charge in [-0.2, -0.15) is 0 Å². The molecular formula is C25H32FN3O2. The highest BCUT2D eigenvalue weighted by Crippen LogP contribution is 2.25. The van der Waals surface area contributed by atoms with E-state index in [9.17, 15) is 9.18 Å². The molecule has 1 heterocycles. The Morgan fingerprint density at radius 3 is 2.39 bits per heavy atom. The average Bonchev–Trinajstić information content (AvgIpc) is 3.15. The van der Waals surface area contributed by atoms with Crippen LogP contribution in [0.3, 0.4) is 0 Å². The number of nitrogens with zero attached hydrogens (tertiary/aromatic N) is 2. The summed E-state index contributed by atoms with van der Waals surface area (Å²) in [6.45, 7) is 2.65. The van der Waals surface area contributed by atoms with Gasteiger partial charge in [0.15, 0.2) is 0 Å². The Labute approximate surface area is 184 Å². The van der Waals surface area contributed by atoms with Gasteiger partial charge in [0.05, 0.1) is 6.10 Å². The number of nitrogens with one attached hydrogen (secondary N) is 1. The minimum atomic E-state index is -0.264. The predicted octanol–water partition coefficient (Wildman–Crippen LogP) is 4.56. The van der Waals surface area contributed by atoms with Crippen molar-refractivity contribution in [1.29, 1.82) is 0 Å². The number of halogens is 1. The molecule has 4 rings (SSSR count). The monoisotopic (exact) mass is 425 g/mol. The van der Waals surface area contributed by atoms with Gasteiger partial charge < -0.3 is 19.9 Å². The third-order valence-electron chi connectivity index (χ3n) is 6.40. The summed E-state index contributed by atoms with van der Waals surface area (Å²) in [5.74, 6) is 0.627. The molecule has 1 saturated carbocycles. The molecule has 31 heavy (non-hydrogen) atoms. The molecule has 1 saturated heterocycles. The number of carbonyl (C=O) groups excluding carboxylic acids is 1. The van der Waals surface area contributed by atoms with Crippen molar-refractivity contribution in [2.75, 3.05) is 20.1 Å². The van der Waals surface area contributed by atoms with Crippen molar-refractivity contribution in [3.05, 3.63) is 65.5 Å². The van der Waals surface area contributed by atoms with Gasteiger partial charge in [0, 0.05) is 25.7 Å². The van der Waals surface area contributed by atoms with Crippen molar-refractivity contribution in [3.63, 3.8) is 0 Å². The second kappa shape index (κ2) is 10.1. The molecule has 2 aromatic rings. The molecule has 166 valence electrons. The maximum Gasteiger partial charge on any atom is 0.318 e. The zero-order valence-corrected chi connectivity index (χ0v) is 18.2. The number of urea groups is 1. The van der Waals surface area contributed by atoms with Crippen molar-refractivity contribution in [1.82, 2.24) is 15.1 Å².